The minimum absolute atomic E-state index is 0.0438. The van der Waals surface area contributed by atoms with Crippen molar-refractivity contribution in [3.8, 4) is 5.75 Å². The number of nitrogens with zero attached hydrogens (tertiary/aromatic N) is 3. The van der Waals surface area contributed by atoms with Crippen LogP contribution in [0.1, 0.15) is 16.7 Å². The van der Waals surface area contributed by atoms with E-state index < -0.39 is 0 Å². The van der Waals surface area contributed by atoms with Gasteiger partial charge in [-0.05, 0) is 23.6 Å². The van der Waals surface area contributed by atoms with Crippen molar-refractivity contribution < 1.29 is 14.7 Å². The number of para-hydroxylation sites is 1. The molecule has 156 valence electrons. The fourth-order valence-electron chi connectivity index (χ4n) is 3.32. The first kappa shape index (κ1) is 21.3. The molecule has 0 radical (unpaired) electrons. The van der Waals surface area contributed by atoms with Gasteiger partial charge < -0.3 is 10.0 Å². The molecule has 2 N–H and O–H groups in total. The molecular weight excluding hydrogens is 380 g/mol. The zero-order valence-electron chi connectivity index (χ0n) is 16.8. The topological polar surface area (TPSA) is 85.2 Å². The Morgan fingerprint density at radius 1 is 1.17 bits per heavy atom. The van der Waals surface area contributed by atoms with E-state index in [4.69, 9.17) is 0 Å². The van der Waals surface area contributed by atoms with Crippen LogP contribution < -0.4 is 5.43 Å². The van der Waals surface area contributed by atoms with Crippen LogP contribution in [0.3, 0.4) is 0 Å². The monoisotopic (exact) mass is 406 g/mol. The molecule has 2 amide bonds. The number of carbonyl (C=O) groups excluding carboxylic acids is 2. The summed E-state index contributed by atoms with van der Waals surface area (Å²) in [7, 11) is 0. The first-order valence-corrected chi connectivity index (χ1v) is 9.84. The maximum absolute atomic E-state index is 12.4. The molecule has 7 heteroatoms. The molecule has 1 saturated heterocycles. The van der Waals surface area contributed by atoms with Gasteiger partial charge in [-0.25, -0.2) is 5.43 Å². The van der Waals surface area contributed by atoms with Crippen molar-refractivity contribution in [3.63, 3.8) is 0 Å². The SMILES string of the molecule is C=CCc1cccc(/C=N/NC(=O)CN2CCN(Cc3ccccc3)CC2=O)c1O. The number of hydrazone groups is 1. The van der Waals surface area contributed by atoms with E-state index in [1.54, 1.807) is 24.3 Å². The molecule has 7 nitrogen and oxygen atoms in total. The third-order valence-corrected chi connectivity index (χ3v) is 4.89. The largest absolute Gasteiger partial charge is 0.507 e. The number of benzene rings is 2. The first-order valence-electron chi connectivity index (χ1n) is 9.84. The van der Waals surface area contributed by atoms with Gasteiger partial charge in [-0.3, -0.25) is 14.5 Å². The predicted octanol–water partition coefficient (Wildman–Crippen LogP) is 1.92. The van der Waals surface area contributed by atoms with Gasteiger partial charge in [0.05, 0.1) is 12.8 Å². The summed E-state index contributed by atoms with van der Waals surface area (Å²) in [5.41, 5.74) is 4.81. The van der Waals surface area contributed by atoms with E-state index in [0.717, 1.165) is 11.1 Å². The Morgan fingerprint density at radius 2 is 1.97 bits per heavy atom. The summed E-state index contributed by atoms with van der Waals surface area (Å²) in [6, 6.07) is 15.3. The number of rotatable bonds is 8. The average Bonchev–Trinajstić information content (AvgIpc) is 2.74. The second-order valence-corrected chi connectivity index (χ2v) is 7.15. The van der Waals surface area contributed by atoms with E-state index in [1.807, 2.05) is 30.3 Å². The molecule has 1 heterocycles. The molecule has 0 aromatic heterocycles. The Bertz CT molecular complexity index is 927. The molecule has 0 bridgehead atoms. The van der Waals surface area contributed by atoms with Crippen LogP contribution in [-0.2, 0) is 22.6 Å². The van der Waals surface area contributed by atoms with Gasteiger partial charge in [0.15, 0.2) is 0 Å². The van der Waals surface area contributed by atoms with Crippen LogP contribution in [0.5, 0.6) is 5.75 Å². The van der Waals surface area contributed by atoms with Gasteiger partial charge in [0.1, 0.15) is 12.3 Å². The molecule has 1 fully saturated rings. The normalized spacial score (nSPS) is 14.8. The molecule has 3 rings (SSSR count). The Morgan fingerprint density at radius 3 is 2.70 bits per heavy atom. The summed E-state index contributed by atoms with van der Waals surface area (Å²) >= 11 is 0. The predicted molar refractivity (Wildman–Crippen MR) is 116 cm³/mol. The second kappa shape index (κ2) is 10.4. The van der Waals surface area contributed by atoms with Crippen LogP contribution in [0.25, 0.3) is 0 Å². The van der Waals surface area contributed by atoms with Crippen LogP contribution in [0, 0.1) is 0 Å². The van der Waals surface area contributed by atoms with Gasteiger partial charge in [0.2, 0.25) is 5.91 Å². The van der Waals surface area contributed by atoms with E-state index in [-0.39, 0.29) is 30.7 Å². The number of amides is 2. The van der Waals surface area contributed by atoms with Gasteiger partial charge in [-0.1, -0.05) is 48.5 Å². The third-order valence-electron chi connectivity index (χ3n) is 4.89. The molecule has 1 aliphatic heterocycles. The van der Waals surface area contributed by atoms with Crippen LogP contribution >= 0.6 is 0 Å². The maximum atomic E-state index is 12.4. The number of nitrogens with one attached hydrogen (secondary N) is 1. The lowest BCUT2D eigenvalue weighted by Crippen LogP contribution is -2.52. The van der Waals surface area contributed by atoms with E-state index in [1.165, 1.54) is 11.1 Å². The smallest absolute Gasteiger partial charge is 0.259 e. The van der Waals surface area contributed by atoms with Crippen molar-refractivity contribution in [1.29, 1.82) is 0 Å². The fourth-order valence-corrected chi connectivity index (χ4v) is 3.32. The fraction of sp³-hybridized carbons (Fsp3) is 0.261. The number of phenolic OH excluding ortho intramolecular Hbond substituents is 1. The standard InChI is InChI=1S/C23H26N4O3/c1-2-7-19-10-6-11-20(23(19)30)14-24-25-21(28)16-27-13-12-26(17-22(27)29)15-18-8-4-3-5-9-18/h2-6,8-11,14,30H,1,7,12-13,15-17H2,(H,25,28)/b24-14+. The molecule has 0 spiro atoms. The summed E-state index contributed by atoms with van der Waals surface area (Å²) in [5.74, 6) is -0.343. The summed E-state index contributed by atoms with van der Waals surface area (Å²) in [6.45, 7) is 5.82. The van der Waals surface area contributed by atoms with E-state index in [2.05, 4.69) is 22.0 Å². The zero-order chi connectivity index (χ0) is 21.3. The number of hydrogen-bond acceptors (Lipinski definition) is 5. The summed E-state index contributed by atoms with van der Waals surface area (Å²) in [5, 5.41) is 14.1. The van der Waals surface area contributed by atoms with Crippen molar-refractivity contribution in [2.75, 3.05) is 26.2 Å². The quantitative estimate of drug-likeness (QED) is 0.398. The van der Waals surface area contributed by atoms with Crippen LogP contribution in [0.2, 0.25) is 0 Å². The number of aromatic hydroxyl groups is 1. The van der Waals surface area contributed by atoms with Crippen molar-refractivity contribution in [2.24, 2.45) is 5.10 Å². The van der Waals surface area contributed by atoms with E-state index >= 15 is 0 Å². The Kier molecular flexibility index (Phi) is 7.34. The Hall–Kier alpha value is -3.45. The summed E-state index contributed by atoms with van der Waals surface area (Å²) in [4.78, 5) is 28.2. The van der Waals surface area contributed by atoms with Crippen LogP contribution in [-0.4, -0.2) is 59.1 Å². The number of piperazine rings is 1. The lowest BCUT2D eigenvalue weighted by Gasteiger charge is -2.33. The van der Waals surface area contributed by atoms with Gasteiger partial charge >= 0.3 is 0 Å². The van der Waals surface area contributed by atoms with Gasteiger partial charge in [-0.15, -0.1) is 6.58 Å². The number of hydrogen-bond donors (Lipinski definition) is 2. The molecule has 0 unspecified atom stereocenters. The molecule has 2 aromatic rings. The highest BCUT2D eigenvalue weighted by Crippen LogP contribution is 2.21. The molecule has 2 aromatic carbocycles. The molecule has 1 aliphatic rings. The highest BCUT2D eigenvalue weighted by molar-refractivity contribution is 5.88. The van der Waals surface area contributed by atoms with Crippen molar-refractivity contribution in [1.82, 2.24) is 15.2 Å². The molecule has 30 heavy (non-hydrogen) atoms. The van der Waals surface area contributed by atoms with E-state index in [9.17, 15) is 14.7 Å². The Balaban J connectivity index is 1.47. The molecular formula is C23H26N4O3. The lowest BCUT2D eigenvalue weighted by molar-refractivity contribution is -0.140. The second-order valence-electron chi connectivity index (χ2n) is 7.15. The highest BCUT2D eigenvalue weighted by atomic mass is 16.3. The Labute approximate surface area is 176 Å². The van der Waals surface area contributed by atoms with Crippen molar-refractivity contribution >= 4 is 18.0 Å². The zero-order valence-corrected chi connectivity index (χ0v) is 16.8. The summed E-state index contributed by atoms with van der Waals surface area (Å²) in [6.07, 6.45) is 3.63. The van der Waals surface area contributed by atoms with Gasteiger partial charge in [0, 0.05) is 25.2 Å². The molecule has 0 aliphatic carbocycles. The van der Waals surface area contributed by atoms with Crippen LogP contribution in [0.4, 0.5) is 0 Å². The first-order chi connectivity index (χ1) is 14.6. The van der Waals surface area contributed by atoms with Crippen molar-refractivity contribution in [2.45, 2.75) is 13.0 Å². The lowest BCUT2D eigenvalue weighted by atomic mass is 10.1. The summed E-state index contributed by atoms with van der Waals surface area (Å²) < 4.78 is 0. The minimum atomic E-state index is -0.377. The van der Waals surface area contributed by atoms with Gasteiger partial charge in [0.25, 0.3) is 5.91 Å². The third kappa shape index (κ3) is 5.78. The van der Waals surface area contributed by atoms with Gasteiger partial charge in [-0.2, -0.15) is 5.10 Å². The number of phenols is 1. The van der Waals surface area contributed by atoms with Crippen LogP contribution in [0.15, 0.2) is 66.3 Å². The number of carbonyl (C=O) groups is 2. The molecule has 0 atom stereocenters. The number of allylic oxidation sites excluding steroid dienone is 1. The molecule has 0 saturated carbocycles. The van der Waals surface area contributed by atoms with Crippen molar-refractivity contribution in [3.05, 3.63) is 77.9 Å². The minimum Gasteiger partial charge on any atom is -0.507 e. The van der Waals surface area contributed by atoms with E-state index in [0.29, 0.717) is 31.6 Å². The maximum Gasteiger partial charge on any atom is 0.259 e. The average molecular weight is 406 g/mol. The highest BCUT2D eigenvalue weighted by Gasteiger charge is 2.25.